The Morgan fingerprint density at radius 1 is 1.44 bits per heavy atom. The van der Waals surface area contributed by atoms with Crippen LogP contribution in [-0.2, 0) is 6.54 Å². The standard InChI is InChI=1S/C13H22N2S/c1-11-8-16-9-12(11)7-15-6-5-13(10-14)3-2-4-13/h8-9,15H,2-7,10,14H2,1H3. The zero-order chi connectivity index (χ0) is 11.4. The predicted octanol–water partition coefficient (Wildman–Crippen LogP) is 2.67. The zero-order valence-electron chi connectivity index (χ0n) is 10.1. The third-order valence-electron chi connectivity index (χ3n) is 3.96. The Balaban J connectivity index is 1.67. The van der Waals surface area contributed by atoms with E-state index in [0.29, 0.717) is 5.41 Å². The fourth-order valence-corrected chi connectivity index (χ4v) is 3.23. The molecule has 0 aromatic carbocycles. The van der Waals surface area contributed by atoms with E-state index in [9.17, 15) is 0 Å². The van der Waals surface area contributed by atoms with Crippen molar-refractivity contribution in [1.82, 2.24) is 5.32 Å². The van der Waals surface area contributed by atoms with E-state index in [0.717, 1.165) is 19.6 Å². The quantitative estimate of drug-likeness (QED) is 0.748. The third-order valence-corrected chi connectivity index (χ3v) is 4.87. The minimum absolute atomic E-state index is 0.483. The fraction of sp³-hybridized carbons (Fsp3) is 0.692. The predicted molar refractivity (Wildman–Crippen MR) is 70.7 cm³/mol. The van der Waals surface area contributed by atoms with Gasteiger partial charge in [0.15, 0.2) is 0 Å². The first-order valence-electron chi connectivity index (χ1n) is 6.18. The van der Waals surface area contributed by atoms with Gasteiger partial charge in [0.2, 0.25) is 0 Å². The molecular formula is C13H22N2S. The maximum atomic E-state index is 5.84. The minimum atomic E-state index is 0.483. The lowest BCUT2D eigenvalue weighted by molar-refractivity contribution is 0.130. The van der Waals surface area contributed by atoms with Crippen LogP contribution in [-0.4, -0.2) is 13.1 Å². The van der Waals surface area contributed by atoms with Gasteiger partial charge in [0, 0.05) is 6.54 Å². The van der Waals surface area contributed by atoms with E-state index in [1.165, 1.54) is 36.8 Å². The maximum absolute atomic E-state index is 5.84. The largest absolute Gasteiger partial charge is 0.330 e. The molecule has 3 N–H and O–H groups in total. The lowest BCUT2D eigenvalue weighted by Crippen LogP contribution is -2.39. The Morgan fingerprint density at radius 3 is 2.75 bits per heavy atom. The summed E-state index contributed by atoms with van der Waals surface area (Å²) in [6, 6.07) is 0. The number of hydrogen-bond donors (Lipinski definition) is 2. The molecule has 1 aliphatic carbocycles. The number of nitrogens with one attached hydrogen (secondary N) is 1. The summed E-state index contributed by atoms with van der Waals surface area (Å²) in [5.74, 6) is 0. The van der Waals surface area contributed by atoms with E-state index in [4.69, 9.17) is 5.73 Å². The Kier molecular flexibility index (Phi) is 4.00. The van der Waals surface area contributed by atoms with Crippen LogP contribution in [0.3, 0.4) is 0 Å². The van der Waals surface area contributed by atoms with E-state index >= 15 is 0 Å². The molecule has 16 heavy (non-hydrogen) atoms. The molecule has 1 heterocycles. The van der Waals surface area contributed by atoms with E-state index in [-0.39, 0.29) is 0 Å². The summed E-state index contributed by atoms with van der Waals surface area (Å²) in [6.07, 6.45) is 5.29. The van der Waals surface area contributed by atoms with Gasteiger partial charge in [-0.3, -0.25) is 0 Å². The van der Waals surface area contributed by atoms with Crippen molar-refractivity contribution in [2.45, 2.75) is 39.2 Å². The summed E-state index contributed by atoms with van der Waals surface area (Å²) >= 11 is 1.79. The summed E-state index contributed by atoms with van der Waals surface area (Å²) in [5.41, 5.74) is 9.18. The van der Waals surface area contributed by atoms with Crippen molar-refractivity contribution in [3.8, 4) is 0 Å². The van der Waals surface area contributed by atoms with E-state index < -0.39 is 0 Å². The highest BCUT2D eigenvalue weighted by atomic mass is 32.1. The second kappa shape index (κ2) is 5.30. The second-order valence-electron chi connectivity index (χ2n) is 5.06. The van der Waals surface area contributed by atoms with Gasteiger partial charge < -0.3 is 11.1 Å². The molecule has 1 aromatic heterocycles. The van der Waals surface area contributed by atoms with E-state index in [1.54, 1.807) is 11.3 Å². The molecule has 3 heteroatoms. The van der Waals surface area contributed by atoms with Crippen molar-refractivity contribution in [1.29, 1.82) is 0 Å². The highest BCUT2D eigenvalue weighted by molar-refractivity contribution is 7.08. The van der Waals surface area contributed by atoms with Crippen molar-refractivity contribution in [3.63, 3.8) is 0 Å². The molecule has 2 rings (SSSR count). The fourth-order valence-electron chi connectivity index (χ4n) is 2.38. The molecule has 2 nitrogen and oxygen atoms in total. The van der Waals surface area contributed by atoms with Crippen molar-refractivity contribution in [3.05, 3.63) is 21.9 Å². The molecule has 0 radical (unpaired) electrons. The van der Waals surface area contributed by atoms with Crippen LogP contribution in [0.25, 0.3) is 0 Å². The number of hydrogen-bond acceptors (Lipinski definition) is 3. The van der Waals surface area contributed by atoms with Gasteiger partial charge in [-0.15, -0.1) is 0 Å². The summed E-state index contributed by atoms with van der Waals surface area (Å²) in [6.45, 7) is 5.16. The Morgan fingerprint density at radius 2 is 2.25 bits per heavy atom. The minimum Gasteiger partial charge on any atom is -0.330 e. The molecule has 0 atom stereocenters. The molecule has 0 spiro atoms. The van der Waals surface area contributed by atoms with Crippen LogP contribution in [0.1, 0.15) is 36.8 Å². The second-order valence-corrected chi connectivity index (χ2v) is 5.81. The molecule has 1 aromatic rings. The number of aryl methyl sites for hydroxylation is 1. The Hall–Kier alpha value is -0.380. The first kappa shape index (κ1) is 12.1. The maximum Gasteiger partial charge on any atom is 0.0216 e. The smallest absolute Gasteiger partial charge is 0.0216 e. The van der Waals surface area contributed by atoms with Crippen LogP contribution in [0.15, 0.2) is 10.8 Å². The molecule has 0 aliphatic heterocycles. The van der Waals surface area contributed by atoms with Gasteiger partial charge in [0.25, 0.3) is 0 Å². The first-order chi connectivity index (χ1) is 7.76. The van der Waals surface area contributed by atoms with Gasteiger partial charge in [0.05, 0.1) is 0 Å². The topological polar surface area (TPSA) is 38.0 Å². The van der Waals surface area contributed by atoms with Crippen LogP contribution in [0, 0.1) is 12.3 Å². The van der Waals surface area contributed by atoms with Crippen molar-refractivity contribution >= 4 is 11.3 Å². The van der Waals surface area contributed by atoms with Gasteiger partial charge >= 0.3 is 0 Å². The normalized spacial score (nSPS) is 18.4. The third kappa shape index (κ3) is 2.65. The van der Waals surface area contributed by atoms with Crippen LogP contribution >= 0.6 is 11.3 Å². The molecule has 0 unspecified atom stereocenters. The van der Waals surface area contributed by atoms with Crippen LogP contribution < -0.4 is 11.1 Å². The summed E-state index contributed by atoms with van der Waals surface area (Å²) in [7, 11) is 0. The Bertz CT molecular complexity index is 323. The number of nitrogens with two attached hydrogens (primary N) is 1. The molecule has 0 bridgehead atoms. The van der Waals surface area contributed by atoms with Crippen LogP contribution in [0.4, 0.5) is 0 Å². The van der Waals surface area contributed by atoms with E-state index in [1.807, 2.05) is 0 Å². The molecular weight excluding hydrogens is 216 g/mol. The molecule has 0 amide bonds. The van der Waals surface area contributed by atoms with Crippen LogP contribution in [0.2, 0.25) is 0 Å². The number of thiophene rings is 1. The van der Waals surface area contributed by atoms with Crippen molar-refractivity contribution < 1.29 is 0 Å². The van der Waals surface area contributed by atoms with Gasteiger partial charge in [-0.05, 0) is 66.6 Å². The lowest BCUT2D eigenvalue weighted by Gasteiger charge is -2.41. The average Bonchev–Trinajstić information content (AvgIpc) is 2.62. The van der Waals surface area contributed by atoms with Crippen LogP contribution in [0.5, 0.6) is 0 Å². The summed E-state index contributed by atoms with van der Waals surface area (Å²) < 4.78 is 0. The van der Waals surface area contributed by atoms with E-state index in [2.05, 4.69) is 23.0 Å². The van der Waals surface area contributed by atoms with Gasteiger partial charge in [0.1, 0.15) is 0 Å². The van der Waals surface area contributed by atoms with Gasteiger partial charge in [-0.2, -0.15) is 11.3 Å². The SMILES string of the molecule is Cc1cscc1CNCCC1(CN)CCC1. The molecule has 1 aliphatic rings. The number of rotatable bonds is 6. The van der Waals surface area contributed by atoms with Crippen molar-refractivity contribution in [2.75, 3.05) is 13.1 Å². The first-order valence-corrected chi connectivity index (χ1v) is 7.12. The zero-order valence-corrected chi connectivity index (χ0v) is 10.9. The molecule has 0 saturated heterocycles. The summed E-state index contributed by atoms with van der Waals surface area (Å²) in [5, 5.41) is 7.99. The van der Waals surface area contributed by atoms with Gasteiger partial charge in [-0.25, -0.2) is 0 Å². The summed E-state index contributed by atoms with van der Waals surface area (Å²) in [4.78, 5) is 0. The van der Waals surface area contributed by atoms with Gasteiger partial charge in [-0.1, -0.05) is 6.42 Å². The molecule has 1 fully saturated rings. The Labute approximate surface area is 102 Å². The van der Waals surface area contributed by atoms with Crippen molar-refractivity contribution in [2.24, 2.45) is 11.1 Å². The molecule has 90 valence electrons. The monoisotopic (exact) mass is 238 g/mol. The highest BCUT2D eigenvalue weighted by Crippen LogP contribution is 2.42. The molecule has 1 saturated carbocycles. The lowest BCUT2D eigenvalue weighted by atomic mass is 9.67. The highest BCUT2D eigenvalue weighted by Gasteiger charge is 2.34. The average molecular weight is 238 g/mol.